The van der Waals surface area contributed by atoms with Crippen LogP contribution in [-0.2, 0) is 16.0 Å². The van der Waals surface area contributed by atoms with Crippen LogP contribution in [0, 0.1) is 11.3 Å². The van der Waals surface area contributed by atoms with E-state index in [-0.39, 0.29) is 23.2 Å². The van der Waals surface area contributed by atoms with Gasteiger partial charge in [0.15, 0.2) is 0 Å². The Hall–Kier alpha value is -2.12. The van der Waals surface area contributed by atoms with Crippen LogP contribution >= 0.6 is 0 Å². The van der Waals surface area contributed by atoms with Gasteiger partial charge in [0.2, 0.25) is 17.8 Å². The van der Waals surface area contributed by atoms with Crippen LogP contribution in [0.15, 0.2) is 0 Å². The quantitative estimate of drug-likeness (QED) is 0.784. The SMILES string of the molecule is CC(C)CCN1CC2(CCCN(C(=O)CCc3nc(N)n[nH]3)C2)CCC1=O. The van der Waals surface area contributed by atoms with Crippen LogP contribution in [-0.4, -0.2) is 63.0 Å². The second kappa shape index (κ2) is 8.27. The van der Waals surface area contributed by atoms with Gasteiger partial charge < -0.3 is 15.5 Å². The Kier molecular flexibility index (Phi) is 6.01. The largest absolute Gasteiger partial charge is 0.367 e. The normalized spacial score (nSPS) is 23.4. The third-order valence-corrected chi connectivity index (χ3v) is 5.86. The summed E-state index contributed by atoms with van der Waals surface area (Å²) in [5.74, 6) is 1.87. The maximum atomic E-state index is 12.7. The van der Waals surface area contributed by atoms with Crippen LogP contribution in [0.25, 0.3) is 0 Å². The number of likely N-dealkylation sites (tertiary alicyclic amines) is 2. The molecule has 2 amide bonds. The smallest absolute Gasteiger partial charge is 0.239 e. The Bertz CT molecular complexity index is 673. The number of nitrogen functional groups attached to an aromatic ring is 1. The van der Waals surface area contributed by atoms with E-state index in [1.165, 1.54) is 0 Å². The molecule has 150 valence electrons. The molecule has 1 aromatic rings. The molecule has 0 radical (unpaired) electrons. The fraction of sp³-hybridized carbons (Fsp3) is 0.789. The average Bonchev–Trinajstić information content (AvgIpc) is 3.06. The third kappa shape index (κ3) is 4.99. The number of aromatic amines is 1. The van der Waals surface area contributed by atoms with E-state index in [4.69, 9.17) is 5.73 Å². The van der Waals surface area contributed by atoms with Gasteiger partial charge in [-0.2, -0.15) is 4.98 Å². The van der Waals surface area contributed by atoms with E-state index in [0.29, 0.717) is 31.0 Å². The molecule has 0 saturated carbocycles. The minimum absolute atomic E-state index is 0.0649. The number of anilines is 1. The van der Waals surface area contributed by atoms with Crippen molar-refractivity contribution in [2.75, 3.05) is 31.9 Å². The number of nitrogens with zero attached hydrogens (tertiary/aromatic N) is 4. The Morgan fingerprint density at radius 2 is 2.15 bits per heavy atom. The highest BCUT2D eigenvalue weighted by Crippen LogP contribution is 2.39. The van der Waals surface area contributed by atoms with Crippen molar-refractivity contribution < 1.29 is 9.59 Å². The van der Waals surface area contributed by atoms with E-state index in [2.05, 4.69) is 29.0 Å². The predicted octanol–water partition coefficient (Wildman–Crippen LogP) is 1.60. The number of carbonyl (C=O) groups is 2. The van der Waals surface area contributed by atoms with Gasteiger partial charge in [0.05, 0.1) is 0 Å². The molecule has 3 N–H and O–H groups in total. The van der Waals surface area contributed by atoms with Crippen LogP contribution in [0.3, 0.4) is 0 Å². The first-order chi connectivity index (χ1) is 12.9. The Balaban J connectivity index is 1.57. The van der Waals surface area contributed by atoms with E-state index < -0.39 is 0 Å². The average molecular weight is 377 g/mol. The fourth-order valence-electron chi connectivity index (χ4n) is 4.28. The first kappa shape index (κ1) is 19.6. The number of nitrogens with two attached hydrogens (primary N) is 1. The van der Waals surface area contributed by atoms with Crippen molar-refractivity contribution in [2.24, 2.45) is 11.3 Å². The summed E-state index contributed by atoms with van der Waals surface area (Å²) in [4.78, 5) is 33.1. The minimum Gasteiger partial charge on any atom is -0.367 e. The van der Waals surface area contributed by atoms with Crippen molar-refractivity contribution in [3.63, 3.8) is 0 Å². The molecular formula is C19H32N6O2. The van der Waals surface area contributed by atoms with Gasteiger partial charge in [0.25, 0.3) is 0 Å². The summed E-state index contributed by atoms with van der Waals surface area (Å²) in [6, 6.07) is 0. The molecule has 1 unspecified atom stereocenters. The van der Waals surface area contributed by atoms with Gasteiger partial charge in [0, 0.05) is 50.9 Å². The van der Waals surface area contributed by atoms with Gasteiger partial charge >= 0.3 is 0 Å². The molecule has 1 aromatic heterocycles. The second-order valence-electron chi connectivity index (χ2n) is 8.56. The second-order valence-corrected chi connectivity index (χ2v) is 8.56. The van der Waals surface area contributed by atoms with E-state index in [1.807, 2.05) is 9.80 Å². The van der Waals surface area contributed by atoms with Crippen molar-refractivity contribution in [3.05, 3.63) is 5.82 Å². The summed E-state index contributed by atoms with van der Waals surface area (Å²) in [5.41, 5.74) is 5.57. The molecule has 2 aliphatic rings. The zero-order valence-electron chi connectivity index (χ0n) is 16.5. The summed E-state index contributed by atoms with van der Waals surface area (Å²) in [7, 11) is 0. The molecule has 8 heteroatoms. The number of rotatable bonds is 6. The van der Waals surface area contributed by atoms with Crippen molar-refractivity contribution in [2.45, 2.75) is 58.8 Å². The number of aromatic nitrogens is 3. The summed E-state index contributed by atoms with van der Waals surface area (Å²) < 4.78 is 0. The van der Waals surface area contributed by atoms with E-state index >= 15 is 0 Å². The molecule has 3 heterocycles. The Morgan fingerprint density at radius 1 is 1.33 bits per heavy atom. The summed E-state index contributed by atoms with van der Waals surface area (Å²) >= 11 is 0. The number of hydrogen-bond donors (Lipinski definition) is 2. The molecule has 3 rings (SSSR count). The van der Waals surface area contributed by atoms with Crippen LogP contribution < -0.4 is 5.73 Å². The molecule has 27 heavy (non-hydrogen) atoms. The first-order valence-corrected chi connectivity index (χ1v) is 10.1. The third-order valence-electron chi connectivity index (χ3n) is 5.86. The minimum atomic E-state index is 0.0649. The zero-order valence-corrected chi connectivity index (χ0v) is 16.5. The lowest BCUT2D eigenvalue weighted by Crippen LogP contribution is -2.55. The summed E-state index contributed by atoms with van der Waals surface area (Å²) in [5, 5.41) is 6.55. The topological polar surface area (TPSA) is 108 Å². The molecule has 2 aliphatic heterocycles. The van der Waals surface area contributed by atoms with Gasteiger partial charge in [0.1, 0.15) is 5.82 Å². The van der Waals surface area contributed by atoms with Gasteiger partial charge in [-0.1, -0.05) is 13.8 Å². The number of hydrogen-bond acceptors (Lipinski definition) is 5. The highest BCUT2D eigenvalue weighted by molar-refractivity contribution is 5.78. The van der Waals surface area contributed by atoms with Crippen molar-refractivity contribution in [3.8, 4) is 0 Å². The number of nitrogens with one attached hydrogen (secondary N) is 1. The molecule has 8 nitrogen and oxygen atoms in total. The summed E-state index contributed by atoms with van der Waals surface area (Å²) in [6.07, 6.45) is 5.56. The Morgan fingerprint density at radius 3 is 2.85 bits per heavy atom. The number of carbonyl (C=O) groups excluding carboxylic acids is 2. The van der Waals surface area contributed by atoms with Crippen molar-refractivity contribution in [1.29, 1.82) is 0 Å². The van der Waals surface area contributed by atoms with Crippen LogP contribution in [0.5, 0.6) is 0 Å². The lowest BCUT2D eigenvalue weighted by Gasteiger charge is -2.48. The van der Waals surface area contributed by atoms with Gasteiger partial charge in [-0.25, -0.2) is 0 Å². The number of piperidine rings is 2. The van der Waals surface area contributed by atoms with Gasteiger partial charge in [-0.05, 0) is 31.6 Å². The van der Waals surface area contributed by atoms with Gasteiger partial charge in [-0.3, -0.25) is 14.7 Å². The highest BCUT2D eigenvalue weighted by atomic mass is 16.2. The molecular weight excluding hydrogens is 344 g/mol. The van der Waals surface area contributed by atoms with E-state index in [0.717, 1.165) is 51.9 Å². The zero-order chi connectivity index (χ0) is 19.4. The number of amides is 2. The maximum absolute atomic E-state index is 12.7. The molecule has 2 fully saturated rings. The standard InChI is InChI=1S/C19H32N6O2/c1-14(2)7-11-25-13-19(9-6-17(25)27)8-3-10-24(12-19)16(26)5-4-15-21-18(20)23-22-15/h14H,3-13H2,1-2H3,(H3,20,21,22,23). The van der Waals surface area contributed by atoms with Crippen LogP contribution in [0.2, 0.25) is 0 Å². The number of H-pyrrole nitrogens is 1. The van der Waals surface area contributed by atoms with E-state index in [9.17, 15) is 9.59 Å². The molecule has 0 aliphatic carbocycles. The molecule has 1 atom stereocenters. The van der Waals surface area contributed by atoms with Crippen molar-refractivity contribution >= 4 is 17.8 Å². The molecule has 0 bridgehead atoms. The highest BCUT2D eigenvalue weighted by Gasteiger charge is 2.42. The van der Waals surface area contributed by atoms with Crippen molar-refractivity contribution in [1.82, 2.24) is 25.0 Å². The predicted molar refractivity (Wildman–Crippen MR) is 103 cm³/mol. The molecule has 2 saturated heterocycles. The molecule has 1 spiro atoms. The fourth-order valence-corrected chi connectivity index (χ4v) is 4.28. The number of aryl methyl sites for hydroxylation is 1. The summed E-state index contributed by atoms with van der Waals surface area (Å²) in [6.45, 7) is 7.57. The lowest BCUT2D eigenvalue weighted by molar-refractivity contribution is -0.143. The van der Waals surface area contributed by atoms with Gasteiger partial charge in [-0.15, -0.1) is 5.10 Å². The maximum Gasteiger partial charge on any atom is 0.239 e. The van der Waals surface area contributed by atoms with Crippen LogP contribution in [0.4, 0.5) is 5.95 Å². The first-order valence-electron chi connectivity index (χ1n) is 10.1. The monoisotopic (exact) mass is 376 g/mol. The van der Waals surface area contributed by atoms with E-state index in [1.54, 1.807) is 0 Å². The lowest BCUT2D eigenvalue weighted by atomic mass is 9.73. The molecule has 0 aromatic carbocycles. The Labute approximate surface area is 160 Å². The van der Waals surface area contributed by atoms with Crippen LogP contribution in [0.1, 0.15) is 58.2 Å².